The second kappa shape index (κ2) is 7.04. The monoisotopic (exact) mass is 274 g/mol. The van der Waals surface area contributed by atoms with Gasteiger partial charge in [0, 0.05) is 0 Å². The highest BCUT2D eigenvalue weighted by Crippen LogP contribution is 2.31. The van der Waals surface area contributed by atoms with Gasteiger partial charge in [-0.05, 0) is 32.3 Å². The highest BCUT2D eigenvalue weighted by Gasteiger charge is 2.43. The molecule has 3 heteroatoms. The van der Waals surface area contributed by atoms with Gasteiger partial charge in [-0.2, -0.15) is 0 Å². The zero-order valence-electron chi connectivity index (χ0n) is 12.6. The van der Waals surface area contributed by atoms with E-state index >= 15 is 0 Å². The van der Waals surface area contributed by atoms with Gasteiger partial charge in [0.05, 0.1) is 6.61 Å². The van der Waals surface area contributed by atoms with E-state index in [2.05, 4.69) is 0 Å². The summed E-state index contributed by atoms with van der Waals surface area (Å²) in [5, 5.41) is 0. The molecule has 2 atom stereocenters. The number of carbonyl (C=O) groups is 2. The zero-order chi connectivity index (χ0) is 15.2. The Morgan fingerprint density at radius 1 is 1.30 bits per heavy atom. The van der Waals surface area contributed by atoms with Crippen molar-refractivity contribution in [2.45, 2.75) is 27.7 Å². The number of ether oxygens (including phenoxy) is 1. The van der Waals surface area contributed by atoms with Crippen molar-refractivity contribution in [3.8, 4) is 0 Å². The van der Waals surface area contributed by atoms with Crippen molar-refractivity contribution < 1.29 is 14.3 Å². The van der Waals surface area contributed by atoms with E-state index < -0.39 is 11.4 Å². The molecular formula is C17H22O3. The van der Waals surface area contributed by atoms with E-state index in [-0.39, 0.29) is 18.3 Å². The standard InChI is InChI=1S/C17H22O3/c1-5-20-16(19)17(4,14(3)18)13(2)11-12-15-9-7-6-8-10-15/h6-13H,5H2,1-4H3/b12-11+/t13-,17-/m1/s1. The van der Waals surface area contributed by atoms with Crippen LogP contribution in [0.5, 0.6) is 0 Å². The molecule has 0 aromatic heterocycles. The van der Waals surface area contributed by atoms with Crippen LogP contribution in [0.15, 0.2) is 36.4 Å². The number of rotatable bonds is 6. The Hall–Kier alpha value is -1.90. The van der Waals surface area contributed by atoms with Gasteiger partial charge in [-0.1, -0.05) is 49.4 Å². The molecule has 1 aromatic rings. The third-order valence-corrected chi connectivity index (χ3v) is 3.72. The van der Waals surface area contributed by atoms with Crippen LogP contribution in [0.3, 0.4) is 0 Å². The van der Waals surface area contributed by atoms with Gasteiger partial charge in [-0.25, -0.2) is 0 Å². The zero-order valence-corrected chi connectivity index (χ0v) is 12.6. The molecule has 0 fully saturated rings. The van der Waals surface area contributed by atoms with Crippen LogP contribution in [0.25, 0.3) is 6.08 Å². The van der Waals surface area contributed by atoms with Crippen molar-refractivity contribution in [2.75, 3.05) is 6.61 Å². The molecule has 3 nitrogen and oxygen atoms in total. The molecule has 0 saturated carbocycles. The molecule has 0 spiro atoms. The summed E-state index contributed by atoms with van der Waals surface area (Å²) in [7, 11) is 0. The van der Waals surface area contributed by atoms with Crippen LogP contribution < -0.4 is 0 Å². The fraction of sp³-hybridized carbons (Fsp3) is 0.412. The Morgan fingerprint density at radius 2 is 1.90 bits per heavy atom. The number of hydrogen-bond donors (Lipinski definition) is 0. The average Bonchev–Trinajstić information content (AvgIpc) is 2.44. The van der Waals surface area contributed by atoms with Gasteiger partial charge >= 0.3 is 5.97 Å². The molecule has 0 saturated heterocycles. The topological polar surface area (TPSA) is 43.4 Å². The first-order chi connectivity index (χ1) is 9.42. The van der Waals surface area contributed by atoms with Crippen molar-refractivity contribution in [1.29, 1.82) is 0 Å². The van der Waals surface area contributed by atoms with Gasteiger partial charge in [0.25, 0.3) is 0 Å². The fourth-order valence-corrected chi connectivity index (χ4v) is 1.94. The molecule has 0 aliphatic carbocycles. The van der Waals surface area contributed by atoms with E-state index in [0.717, 1.165) is 5.56 Å². The van der Waals surface area contributed by atoms with Crippen molar-refractivity contribution in [3.63, 3.8) is 0 Å². The van der Waals surface area contributed by atoms with Gasteiger partial charge in [0.1, 0.15) is 11.2 Å². The van der Waals surface area contributed by atoms with Gasteiger partial charge in [0.2, 0.25) is 0 Å². The molecule has 1 aromatic carbocycles. The molecular weight excluding hydrogens is 252 g/mol. The smallest absolute Gasteiger partial charge is 0.319 e. The predicted molar refractivity (Wildman–Crippen MR) is 80.1 cm³/mol. The summed E-state index contributed by atoms with van der Waals surface area (Å²) in [6.45, 7) is 6.95. The molecule has 0 amide bonds. The predicted octanol–water partition coefficient (Wildman–Crippen LogP) is 3.49. The first-order valence-electron chi connectivity index (χ1n) is 6.84. The molecule has 108 valence electrons. The van der Waals surface area contributed by atoms with Crippen LogP contribution in [0.2, 0.25) is 0 Å². The Kier molecular flexibility index (Phi) is 5.68. The summed E-state index contributed by atoms with van der Waals surface area (Å²) in [5.74, 6) is -0.877. The van der Waals surface area contributed by atoms with Gasteiger partial charge < -0.3 is 4.74 Å². The third kappa shape index (κ3) is 3.56. The lowest BCUT2D eigenvalue weighted by atomic mass is 9.74. The summed E-state index contributed by atoms with van der Waals surface area (Å²) >= 11 is 0. The summed E-state index contributed by atoms with van der Waals surface area (Å²) < 4.78 is 5.05. The summed E-state index contributed by atoms with van der Waals surface area (Å²) in [4.78, 5) is 24.0. The maximum Gasteiger partial charge on any atom is 0.319 e. The van der Waals surface area contributed by atoms with Gasteiger partial charge in [0.15, 0.2) is 0 Å². The Balaban J connectivity index is 2.95. The van der Waals surface area contributed by atoms with Crippen molar-refractivity contribution in [3.05, 3.63) is 42.0 Å². The number of allylic oxidation sites excluding steroid dienone is 1. The highest BCUT2D eigenvalue weighted by molar-refractivity contribution is 6.02. The molecule has 0 aliphatic rings. The van der Waals surface area contributed by atoms with E-state index in [9.17, 15) is 9.59 Å². The van der Waals surface area contributed by atoms with Crippen molar-refractivity contribution in [2.24, 2.45) is 11.3 Å². The molecule has 0 aliphatic heterocycles. The van der Waals surface area contributed by atoms with Crippen LogP contribution in [0.4, 0.5) is 0 Å². The SMILES string of the molecule is CCOC(=O)[C@@](C)(C(C)=O)[C@H](C)/C=C/c1ccccc1. The van der Waals surface area contributed by atoms with Crippen LogP contribution in [0.1, 0.15) is 33.3 Å². The third-order valence-electron chi connectivity index (χ3n) is 3.72. The van der Waals surface area contributed by atoms with E-state index in [1.807, 2.05) is 49.4 Å². The molecule has 0 unspecified atom stereocenters. The second-order valence-electron chi connectivity index (χ2n) is 5.04. The number of ketones is 1. The Labute approximate surface area is 120 Å². The minimum Gasteiger partial charge on any atom is -0.465 e. The van der Waals surface area contributed by atoms with E-state index in [4.69, 9.17) is 4.74 Å². The van der Waals surface area contributed by atoms with Crippen LogP contribution in [-0.2, 0) is 14.3 Å². The largest absolute Gasteiger partial charge is 0.465 e. The average molecular weight is 274 g/mol. The molecule has 1 rings (SSSR count). The number of hydrogen-bond acceptors (Lipinski definition) is 3. The van der Waals surface area contributed by atoms with Gasteiger partial charge in [-0.3, -0.25) is 9.59 Å². The molecule has 0 radical (unpaired) electrons. The summed E-state index contributed by atoms with van der Waals surface area (Å²) in [6.07, 6.45) is 3.80. The lowest BCUT2D eigenvalue weighted by Crippen LogP contribution is -2.41. The second-order valence-corrected chi connectivity index (χ2v) is 5.04. The fourth-order valence-electron chi connectivity index (χ4n) is 1.94. The number of Topliss-reactive ketones (excluding diaryl/α,β-unsaturated/α-hetero) is 1. The highest BCUT2D eigenvalue weighted by atomic mass is 16.5. The van der Waals surface area contributed by atoms with E-state index in [1.54, 1.807) is 13.8 Å². The minimum absolute atomic E-state index is 0.179. The van der Waals surface area contributed by atoms with E-state index in [1.165, 1.54) is 6.92 Å². The summed E-state index contributed by atoms with van der Waals surface area (Å²) in [6, 6.07) is 9.77. The normalized spacial score (nSPS) is 15.6. The van der Waals surface area contributed by atoms with Gasteiger partial charge in [-0.15, -0.1) is 0 Å². The molecule has 20 heavy (non-hydrogen) atoms. The van der Waals surface area contributed by atoms with Crippen molar-refractivity contribution >= 4 is 17.8 Å². The minimum atomic E-state index is -1.14. The lowest BCUT2D eigenvalue weighted by Gasteiger charge is -2.28. The maximum absolute atomic E-state index is 12.1. The molecule has 0 N–H and O–H groups in total. The number of carbonyl (C=O) groups excluding carboxylic acids is 2. The van der Waals surface area contributed by atoms with Crippen LogP contribution in [0, 0.1) is 11.3 Å². The maximum atomic E-state index is 12.1. The number of benzene rings is 1. The first kappa shape index (κ1) is 16.2. The van der Waals surface area contributed by atoms with Crippen molar-refractivity contribution in [1.82, 2.24) is 0 Å². The lowest BCUT2D eigenvalue weighted by molar-refractivity contribution is -0.160. The van der Waals surface area contributed by atoms with E-state index in [0.29, 0.717) is 0 Å². The van der Waals surface area contributed by atoms with Crippen LogP contribution in [-0.4, -0.2) is 18.4 Å². The molecule has 0 bridgehead atoms. The Bertz CT molecular complexity index is 490. The molecule has 0 heterocycles. The quantitative estimate of drug-likeness (QED) is 0.589. The van der Waals surface area contributed by atoms with Crippen LogP contribution >= 0.6 is 0 Å². The first-order valence-corrected chi connectivity index (χ1v) is 6.84. The Morgan fingerprint density at radius 3 is 2.40 bits per heavy atom. The number of esters is 1. The summed E-state index contributed by atoms with van der Waals surface area (Å²) in [5.41, 5.74) is -0.101.